The monoisotopic (exact) mass is 278 g/mol. The Bertz CT molecular complexity index is 413. The maximum atomic E-state index is 11.5. The first-order valence-electron chi connectivity index (χ1n) is 7.22. The molecule has 0 bridgehead atoms. The molecule has 0 aliphatic carbocycles. The molecular formula is C16H26N2O2. The minimum Gasteiger partial charge on any atom is -0.469 e. The molecule has 0 spiro atoms. The SMILES string of the molecule is CCN(CC)c1ccc(NC(C)C(C)C(=O)OC)cc1. The second kappa shape index (κ2) is 7.78. The molecule has 0 aliphatic rings. The van der Waals surface area contributed by atoms with E-state index in [1.807, 2.05) is 26.0 Å². The largest absolute Gasteiger partial charge is 0.469 e. The third-order valence-electron chi connectivity index (χ3n) is 3.71. The lowest BCUT2D eigenvalue weighted by Crippen LogP contribution is -2.30. The summed E-state index contributed by atoms with van der Waals surface area (Å²) in [6.45, 7) is 10.2. The third-order valence-corrected chi connectivity index (χ3v) is 3.71. The van der Waals surface area contributed by atoms with E-state index >= 15 is 0 Å². The van der Waals surface area contributed by atoms with E-state index in [2.05, 4.69) is 36.2 Å². The quantitative estimate of drug-likeness (QED) is 0.778. The van der Waals surface area contributed by atoms with Crippen LogP contribution in [0.4, 0.5) is 11.4 Å². The highest BCUT2D eigenvalue weighted by Crippen LogP contribution is 2.19. The Morgan fingerprint density at radius 2 is 1.75 bits per heavy atom. The normalized spacial score (nSPS) is 13.4. The molecule has 0 aliphatic heterocycles. The van der Waals surface area contributed by atoms with Crippen molar-refractivity contribution in [1.29, 1.82) is 0 Å². The van der Waals surface area contributed by atoms with Gasteiger partial charge in [0.2, 0.25) is 0 Å². The summed E-state index contributed by atoms with van der Waals surface area (Å²) in [6, 6.07) is 8.33. The number of nitrogens with one attached hydrogen (secondary N) is 1. The van der Waals surface area contributed by atoms with Crippen molar-refractivity contribution in [1.82, 2.24) is 0 Å². The zero-order valence-corrected chi connectivity index (χ0v) is 13.1. The van der Waals surface area contributed by atoms with Crippen LogP contribution in [-0.4, -0.2) is 32.2 Å². The molecule has 1 aromatic rings. The van der Waals surface area contributed by atoms with Crippen molar-refractivity contribution in [3.8, 4) is 0 Å². The number of benzene rings is 1. The Hall–Kier alpha value is -1.71. The van der Waals surface area contributed by atoms with E-state index in [-0.39, 0.29) is 17.9 Å². The Labute approximate surface area is 122 Å². The Morgan fingerprint density at radius 3 is 2.20 bits per heavy atom. The van der Waals surface area contributed by atoms with Crippen LogP contribution < -0.4 is 10.2 Å². The minimum atomic E-state index is -0.190. The van der Waals surface area contributed by atoms with Crippen LogP contribution in [0.2, 0.25) is 0 Å². The van der Waals surface area contributed by atoms with Gasteiger partial charge in [-0.15, -0.1) is 0 Å². The summed E-state index contributed by atoms with van der Waals surface area (Å²) >= 11 is 0. The van der Waals surface area contributed by atoms with E-state index in [4.69, 9.17) is 4.74 Å². The third kappa shape index (κ3) is 4.15. The van der Waals surface area contributed by atoms with Gasteiger partial charge in [0.15, 0.2) is 0 Å². The first-order valence-corrected chi connectivity index (χ1v) is 7.22. The predicted molar refractivity (Wildman–Crippen MR) is 84.3 cm³/mol. The van der Waals surface area contributed by atoms with Gasteiger partial charge < -0.3 is 15.0 Å². The lowest BCUT2D eigenvalue weighted by Gasteiger charge is -2.23. The van der Waals surface area contributed by atoms with Gasteiger partial charge in [-0.25, -0.2) is 0 Å². The fraction of sp³-hybridized carbons (Fsp3) is 0.562. The second-order valence-electron chi connectivity index (χ2n) is 4.96. The Kier molecular flexibility index (Phi) is 6.36. The van der Waals surface area contributed by atoms with Crippen LogP contribution in [0.5, 0.6) is 0 Å². The first kappa shape index (κ1) is 16.3. The molecule has 4 heteroatoms. The molecule has 2 unspecified atom stereocenters. The van der Waals surface area contributed by atoms with Crippen molar-refractivity contribution in [2.45, 2.75) is 33.7 Å². The summed E-state index contributed by atoms with van der Waals surface area (Å²) < 4.78 is 4.76. The summed E-state index contributed by atoms with van der Waals surface area (Å²) in [4.78, 5) is 13.8. The molecule has 0 saturated heterocycles. The van der Waals surface area contributed by atoms with Crippen LogP contribution in [0, 0.1) is 5.92 Å². The average Bonchev–Trinajstić information content (AvgIpc) is 2.48. The van der Waals surface area contributed by atoms with Crippen LogP contribution in [0.25, 0.3) is 0 Å². The number of hydrogen-bond acceptors (Lipinski definition) is 4. The summed E-state index contributed by atoms with van der Waals surface area (Å²) in [5, 5.41) is 3.34. The number of hydrogen-bond donors (Lipinski definition) is 1. The fourth-order valence-electron chi connectivity index (χ4n) is 2.14. The molecule has 0 radical (unpaired) electrons. The van der Waals surface area contributed by atoms with Gasteiger partial charge in [0.05, 0.1) is 13.0 Å². The van der Waals surface area contributed by atoms with Gasteiger partial charge >= 0.3 is 5.97 Å². The first-order chi connectivity index (χ1) is 9.53. The van der Waals surface area contributed by atoms with Gasteiger partial charge in [-0.3, -0.25) is 4.79 Å². The van der Waals surface area contributed by atoms with Crippen LogP contribution in [0.3, 0.4) is 0 Å². The molecule has 0 heterocycles. The molecule has 1 N–H and O–H groups in total. The lowest BCUT2D eigenvalue weighted by atomic mass is 10.0. The van der Waals surface area contributed by atoms with Crippen molar-refractivity contribution >= 4 is 17.3 Å². The van der Waals surface area contributed by atoms with Crippen LogP contribution >= 0.6 is 0 Å². The summed E-state index contributed by atoms with van der Waals surface area (Å²) in [6.07, 6.45) is 0. The molecule has 0 aromatic heterocycles. The van der Waals surface area contributed by atoms with E-state index in [0.717, 1.165) is 18.8 Å². The number of nitrogens with zero attached hydrogens (tertiary/aromatic N) is 1. The smallest absolute Gasteiger partial charge is 0.310 e. The highest BCUT2D eigenvalue weighted by Gasteiger charge is 2.20. The van der Waals surface area contributed by atoms with Gasteiger partial charge in [0.25, 0.3) is 0 Å². The summed E-state index contributed by atoms with van der Waals surface area (Å²) in [5.41, 5.74) is 2.23. The molecule has 20 heavy (non-hydrogen) atoms. The van der Waals surface area contributed by atoms with Gasteiger partial charge in [0, 0.05) is 30.5 Å². The number of carbonyl (C=O) groups excluding carboxylic acids is 1. The molecular weight excluding hydrogens is 252 g/mol. The molecule has 112 valence electrons. The second-order valence-corrected chi connectivity index (χ2v) is 4.96. The van der Waals surface area contributed by atoms with Crippen molar-refractivity contribution in [3.05, 3.63) is 24.3 Å². The van der Waals surface area contributed by atoms with Gasteiger partial charge in [-0.05, 0) is 52.0 Å². The number of rotatable bonds is 7. The van der Waals surface area contributed by atoms with Crippen molar-refractivity contribution in [2.75, 3.05) is 30.4 Å². The summed E-state index contributed by atoms with van der Waals surface area (Å²) in [5.74, 6) is -0.368. The number of ether oxygens (including phenoxy) is 1. The molecule has 0 fully saturated rings. The van der Waals surface area contributed by atoms with Crippen molar-refractivity contribution in [3.63, 3.8) is 0 Å². The molecule has 0 saturated carbocycles. The van der Waals surface area contributed by atoms with Crippen molar-refractivity contribution < 1.29 is 9.53 Å². The highest BCUT2D eigenvalue weighted by molar-refractivity contribution is 5.73. The topological polar surface area (TPSA) is 41.6 Å². The average molecular weight is 278 g/mol. The molecule has 4 nitrogen and oxygen atoms in total. The highest BCUT2D eigenvalue weighted by atomic mass is 16.5. The fourth-order valence-corrected chi connectivity index (χ4v) is 2.14. The molecule has 1 rings (SSSR count). The standard InChI is InChI=1S/C16H26N2O2/c1-6-18(7-2)15-10-8-14(9-11-15)17-13(4)12(3)16(19)20-5/h8-13,17H,6-7H2,1-5H3. The van der Waals surface area contributed by atoms with Gasteiger partial charge in [-0.2, -0.15) is 0 Å². The molecule has 0 amide bonds. The Morgan fingerprint density at radius 1 is 1.20 bits per heavy atom. The van der Waals surface area contributed by atoms with Crippen LogP contribution in [0.15, 0.2) is 24.3 Å². The number of carbonyl (C=O) groups is 1. The maximum Gasteiger partial charge on any atom is 0.310 e. The van der Waals surface area contributed by atoms with Gasteiger partial charge in [0.1, 0.15) is 0 Å². The Balaban J connectivity index is 2.67. The van der Waals surface area contributed by atoms with E-state index in [1.165, 1.54) is 12.8 Å². The van der Waals surface area contributed by atoms with Gasteiger partial charge in [-0.1, -0.05) is 0 Å². The number of methoxy groups -OCH3 is 1. The predicted octanol–water partition coefficient (Wildman–Crippen LogP) is 3.14. The minimum absolute atomic E-state index is 0.0294. The van der Waals surface area contributed by atoms with Crippen LogP contribution in [0.1, 0.15) is 27.7 Å². The zero-order valence-electron chi connectivity index (χ0n) is 13.1. The molecule has 1 aromatic carbocycles. The maximum absolute atomic E-state index is 11.5. The molecule has 2 atom stereocenters. The number of esters is 1. The van der Waals surface area contributed by atoms with E-state index in [1.54, 1.807) is 0 Å². The van der Waals surface area contributed by atoms with Crippen molar-refractivity contribution in [2.24, 2.45) is 5.92 Å². The lowest BCUT2D eigenvalue weighted by molar-refractivity contribution is -0.145. The number of anilines is 2. The van der Waals surface area contributed by atoms with Crippen LogP contribution in [-0.2, 0) is 9.53 Å². The van der Waals surface area contributed by atoms with E-state index < -0.39 is 0 Å². The van der Waals surface area contributed by atoms with E-state index in [0.29, 0.717) is 0 Å². The summed E-state index contributed by atoms with van der Waals surface area (Å²) in [7, 11) is 1.42. The van der Waals surface area contributed by atoms with E-state index in [9.17, 15) is 4.79 Å². The zero-order chi connectivity index (χ0) is 15.1.